The Bertz CT molecular complexity index is 1780. The molecule has 3 aromatic carbocycles. The van der Waals surface area contributed by atoms with Crippen LogP contribution in [0.4, 0.5) is 8.78 Å². The van der Waals surface area contributed by atoms with Crippen LogP contribution in [-0.4, -0.2) is 28.8 Å². The molecule has 0 atom stereocenters. The van der Waals surface area contributed by atoms with Gasteiger partial charge in [-0.3, -0.25) is 9.59 Å². The van der Waals surface area contributed by atoms with Crippen molar-refractivity contribution in [1.82, 2.24) is 20.6 Å². The molecule has 0 saturated heterocycles. The lowest BCUT2D eigenvalue weighted by molar-refractivity contribution is 0.0926. The summed E-state index contributed by atoms with van der Waals surface area (Å²) in [5.74, 6) is -0.938. The van der Waals surface area contributed by atoms with Gasteiger partial charge >= 0.3 is 0 Å². The van der Waals surface area contributed by atoms with E-state index in [2.05, 4.69) is 20.6 Å². The lowest BCUT2D eigenvalue weighted by atomic mass is 9.95. The van der Waals surface area contributed by atoms with Crippen LogP contribution in [0.5, 0.6) is 0 Å². The molecule has 1 aliphatic carbocycles. The quantitative estimate of drug-likeness (QED) is 0.280. The van der Waals surface area contributed by atoms with Gasteiger partial charge in [-0.05, 0) is 91.1 Å². The number of nitrogens with zero attached hydrogens (tertiary/aromatic N) is 2. The largest absolute Gasteiger partial charge is 0.455 e. The standard InChI is InChI=1S/C31H24F2N4O3/c1-17-22(15-20(16-24(17)33)28(38)37-31(10-11-31)30-35-12-3-13-36-30)19-6-9-25-23(14-19)26(29(39)34-2)27(40-25)18-4-7-21(32)8-5-18/h3-9,12-16H,10-11H2,1-2H3,(H,34,39)(H,37,38). The van der Waals surface area contributed by atoms with E-state index in [1.165, 1.54) is 37.4 Å². The van der Waals surface area contributed by atoms with Crippen LogP contribution in [0.2, 0.25) is 0 Å². The predicted octanol–water partition coefficient (Wildman–Crippen LogP) is 5.92. The maximum atomic E-state index is 15.2. The number of fused-ring (bicyclic) bond motifs is 1. The fourth-order valence-electron chi connectivity index (χ4n) is 4.90. The molecule has 200 valence electrons. The smallest absolute Gasteiger partial charge is 0.255 e. The van der Waals surface area contributed by atoms with Crippen molar-refractivity contribution in [3.63, 3.8) is 0 Å². The maximum Gasteiger partial charge on any atom is 0.255 e. The number of carbonyl (C=O) groups excluding carboxylic acids is 2. The number of furan rings is 1. The van der Waals surface area contributed by atoms with Crippen LogP contribution < -0.4 is 10.6 Å². The molecule has 0 spiro atoms. The van der Waals surface area contributed by atoms with E-state index in [0.29, 0.717) is 57.6 Å². The first-order valence-electron chi connectivity index (χ1n) is 12.7. The highest BCUT2D eigenvalue weighted by atomic mass is 19.1. The van der Waals surface area contributed by atoms with Gasteiger partial charge < -0.3 is 15.1 Å². The van der Waals surface area contributed by atoms with Crippen molar-refractivity contribution >= 4 is 22.8 Å². The molecule has 5 aromatic rings. The summed E-state index contributed by atoms with van der Waals surface area (Å²) in [5, 5.41) is 6.12. The molecular formula is C31H24F2N4O3. The van der Waals surface area contributed by atoms with Gasteiger partial charge in [-0.2, -0.15) is 0 Å². The number of aromatic nitrogens is 2. The summed E-state index contributed by atoms with van der Waals surface area (Å²) in [4.78, 5) is 34.8. The Kier molecular flexibility index (Phi) is 6.14. The highest BCUT2D eigenvalue weighted by Gasteiger charge is 2.48. The SMILES string of the molecule is CNC(=O)c1c(-c2ccc(F)cc2)oc2ccc(-c3cc(C(=O)NC4(c5ncccn5)CC4)cc(F)c3C)cc12. The molecule has 1 saturated carbocycles. The fraction of sp³-hybridized carbons (Fsp3) is 0.161. The van der Waals surface area contributed by atoms with E-state index in [4.69, 9.17) is 4.42 Å². The normalized spacial score (nSPS) is 13.7. The molecule has 1 fully saturated rings. The van der Waals surface area contributed by atoms with E-state index in [1.54, 1.807) is 49.6 Å². The third-order valence-electron chi connectivity index (χ3n) is 7.26. The lowest BCUT2D eigenvalue weighted by Gasteiger charge is -2.17. The van der Waals surface area contributed by atoms with E-state index in [9.17, 15) is 14.0 Å². The Morgan fingerprint density at radius 2 is 1.62 bits per heavy atom. The second-order valence-corrected chi connectivity index (χ2v) is 9.84. The third kappa shape index (κ3) is 4.39. The fourth-order valence-corrected chi connectivity index (χ4v) is 4.90. The molecule has 1 aliphatic rings. The van der Waals surface area contributed by atoms with Crippen molar-refractivity contribution in [2.45, 2.75) is 25.3 Å². The molecular weight excluding hydrogens is 514 g/mol. The first-order chi connectivity index (χ1) is 19.3. The van der Waals surface area contributed by atoms with Gasteiger partial charge in [0.15, 0.2) is 5.82 Å². The Morgan fingerprint density at radius 3 is 2.30 bits per heavy atom. The molecule has 2 amide bonds. The summed E-state index contributed by atoms with van der Waals surface area (Å²) >= 11 is 0. The summed E-state index contributed by atoms with van der Waals surface area (Å²) in [7, 11) is 1.51. The average Bonchev–Trinajstić information content (AvgIpc) is 3.66. The molecule has 2 heterocycles. The van der Waals surface area contributed by atoms with Crippen molar-refractivity contribution in [2.75, 3.05) is 7.05 Å². The number of halogens is 2. The summed E-state index contributed by atoms with van der Waals surface area (Å²) in [5.41, 5.74) is 2.20. The van der Waals surface area contributed by atoms with E-state index in [0.717, 1.165) is 0 Å². The number of nitrogens with one attached hydrogen (secondary N) is 2. The number of rotatable bonds is 6. The molecule has 0 bridgehead atoms. The predicted molar refractivity (Wildman–Crippen MR) is 146 cm³/mol. The van der Waals surface area contributed by atoms with Crippen LogP contribution in [0, 0.1) is 18.6 Å². The van der Waals surface area contributed by atoms with Crippen LogP contribution in [0.3, 0.4) is 0 Å². The number of carbonyl (C=O) groups is 2. The molecule has 0 radical (unpaired) electrons. The van der Waals surface area contributed by atoms with Crippen molar-refractivity contribution in [3.05, 3.63) is 107 Å². The summed E-state index contributed by atoms with van der Waals surface area (Å²) in [6.07, 6.45) is 4.64. The van der Waals surface area contributed by atoms with Crippen LogP contribution in [0.15, 0.2) is 77.5 Å². The van der Waals surface area contributed by atoms with Gasteiger partial charge in [0, 0.05) is 36.0 Å². The Hall–Kier alpha value is -4.92. The van der Waals surface area contributed by atoms with Gasteiger partial charge in [-0.1, -0.05) is 6.07 Å². The molecule has 2 aromatic heterocycles. The number of hydrogen-bond acceptors (Lipinski definition) is 5. The number of benzene rings is 3. The van der Waals surface area contributed by atoms with E-state index in [1.807, 2.05) is 0 Å². The molecule has 9 heteroatoms. The number of hydrogen-bond donors (Lipinski definition) is 2. The van der Waals surface area contributed by atoms with Gasteiger partial charge in [-0.15, -0.1) is 0 Å². The van der Waals surface area contributed by atoms with E-state index < -0.39 is 23.1 Å². The number of amides is 2. The Balaban J connectivity index is 1.42. The molecule has 0 unspecified atom stereocenters. The summed E-state index contributed by atoms with van der Waals surface area (Å²) in [6, 6.07) is 15.4. The topological polar surface area (TPSA) is 97.1 Å². The van der Waals surface area contributed by atoms with E-state index in [-0.39, 0.29) is 17.0 Å². The highest BCUT2D eigenvalue weighted by Crippen LogP contribution is 2.44. The van der Waals surface area contributed by atoms with E-state index >= 15 is 4.39 Å². The first-order valence-corrected chi connectivity index (χ1v) is 12.7. The molecule has 2 N–H and O–H groups in total. The second kappa shape index (κ2) is 9.68. The minimum absolute atomic E-state index is 0.158. The summed E-state index contributed by atoms with van der Waals surface area (Å²) in [6.45, 7) is 1.63. The average molecular weight is 539 g/mol. The molecule has 40 heavy (non-hydrogen) atoms. The Labute approximate surface area is 228 Å². The van der Waals surface area contributed by atoms with Crippen molar-refractivity contribution < 1.29 is 22.8 Å². The molecule has 0 aliphatic heterocycles. The molecule has 7 nitrogen and oxygen atoms in total. The second-order valence-electron chi connectivity index (χ2n) is 9.84. The highest BCUT2D eigenvalue weighted by molar-refractivity contribution is 6.12. The van der Waals surface area contributed by atoms with Crippen LogP contribution in [-0.2, 0) is 5.54 Å². The van der Waals surface area contributed by atoms with Crippen molar-refractivity contribution in [1.29, 1.82) is 0 Å². The van der Waals surface area contributed by atoms with Gasteiger partial charge in [0.2, 0.25) is 0 Å². The van der Waals surface area contributed by atoms with Gasteiger partial charge in [0.1, 0.15) is 28.5 Å². The van der Waals surface area contributed by atoms with Gasteiger partial charge in [0.05, 0.1) is 5.56 Å². The third-order valence-corrected chi connectivity index (χ3v) is 7.26. The van der Waals surface area contributed by atoms with Crippen LogP contribution in [0.1, 0.15) is 44.9 Å². The van der Waals surface area contributed by atoms with Crippen LogP contribution in [0.25, 0.3) is 33.4 Å². The van der Waals surface area contributed by atoms with Crippen LogP contribution >= 0.6 is 0 Å². The first kappa shape index (κ1) is 25.4. The zero-order valence-corrected chi connectivity index (χ0v) is 21.7. The monoisotopic (exact) mass is 538 g/mol. The lowest BCUT2D eigenvalue weighted by Crippen LogP contribution is -2.36. The minimum Gasteiger partial charge on any atom is -0.455 e. The zero-order valence-electron chi connectivity index (χ0n) is 21.7. The van der Waals surface area contributed by atoms with Gasteiger partial charge in [0.25, 0.3) is 11.8 Å². The zero-order chi connectivity index (χ0) is 28.0. The van der Waals surface area contributed by atoms with Crippen molar-refractivity contribution in [3.8, 4) is 22.5 Å². The van der Waals surface area contributed by atoms with Crippen molar-refractivity contribution in [2.24, 2.45) is 0 Å². The molecule has 6 rings (SSSR count). The summed E-state index contributed by atoms with van der Waals surface area (Å²) < 4.78 is 34.7. The maximum absolute atomic E-state index is 15.2. The minimum atomic E-state index is -0.658. The Morgan fingerprint density at radius 1 is 0.925 bits per heavy atom. The van der Waals surface area contributed by atoms with Gasteiger partial charge in [-0.25, -0.2) is 18.7 Å².